The molecule has 2 aromatic rings. The van der Waals surface area contributed by atoms with Gasteiger partial charge in [-0.05, 0) is 30.9 Å². The van der Waals surface area contributed by atoms with Crippen LogP contribution in [0, 0.1) is 0 Å². The van der Waals surface area contributed by atoms with Crippen molar-refractivity contribution in [3.63, 3.8) is 0 Å². The maximum atomic E-state index is 13.0. The van der Waals surface area contributed by atoms with Gasteiger partial charge in [-0.25, -0.2) is 0 Å². The number of rotatable bonds is 7. The van der Waals surface area contributed by atoms with Crippen LogP contribution in [0.25, 0.3) is 0 Å². The fourth-order valence-corrected chi connectivity index (χ4v) is 4.02. The highest BCUT2D eigenvalue weighted by molar-refractivity contribution is 5.83. The molecule has 4 heteroatoms. The van der Waals surface area contributed by atoms with E-state index in [2.05, 4.69) is 18.3 Å². The maximum absolute atomic E-state index is 13.0. The second-order valence-electron chi connectivity index (χ2n) is 7.18. The lowest BCUT2D eigenvalue weighted by Gasteiger charge is -2.39. The second-order valence-corrected chi connectivity index (χ2v) is 7.18. The van der Waals surface area contributed by atoms with E-state index in [0.717, 1.165) is 36.1 Å². The number of hydrogen-bond donors (Lipinski definition) is 1. The van der Waals surface area contributed by atoms with E-state index in [0.29, 0.717) is 19.8 Å². The summed E-state index contributed by atoms with van der Waals surface area (Å²) in [5, 5.41) is 3.24. The van der Waals surface area contributed by atoms with Crippen LogP contribution in [0.5, 0.6) is 5.75 Å². The summed E-state index contributed by atoms with van der Waals surface area (Å²) in [6.07, 6.45) is 2.52. The summed E-state index contributed by atoms with van der Waals surface area (Å²) in [4.78, 5) is 13.0. The smallest absolute Gasteiger partial charge is 0.227 e. The van der Waals surface area contributed by atoms with Crippen molar-refractivity contribution in [3.8, 4) is 5.75 Å². The van der Waals surface area contributed by atoms with Crippen LogP contribution < -0.4 is 10.1 Å². The van der Waals surface area contributed by atoms with Crippen LogP contribution in [0.3, 0.4) is 0 Å². The predicted molar refractivity (Wildman–Crippen MR) is 107 cm³/mol. The Labute approximate surface area is 161 Å². The molecule has 3 rings (SSSR count). The van der Waals surface area contributed by atoms with Crippen LogP contribution in [0.1, 0.15) is 43.2 Å². The molecule has 0 aliphatic carbocycles. The van der Waals surface area contributed by atoms with Gasteiger partial charge in [-0.3, -0.25) is 4.79 Å². The highest BCUT2D eigenvalue weighted by atomic mass is 16.5. The first-order valence-corrected chi connectivity index (χ1v) is 9.74. The van der Waals surface area contributed by atoms with Gasteiger partial charge in [0.25, 0.3) is 0 Å². The molecule has 2 aromatic carbocycles. The van der Waals surface area contributed by atoms with Crippen molar-refractivity contribution >= 4 is 5.91 Å². The zero-order valence-corrected chi connectivity index (χ0v) is 16.2. The number of para-hydroxylation sites is 1. The highest BCUT2D eigenvalue weighted by Gasteiger charge is 2.37. The van der Waals surface area contributed by atoms with E-state index in [1.165, 1.54) is 0 Å². The van der Waals surface area contributed by atoms with Gasteiger partial charge in [0.15, 0.2) is 0 Å². The third-order valence-electron chi connectivity index (χ3n) is 5.66. The summed E-state index contributed by atoms with van der Waals surface area (Å²) in [5.41, 5.74) is 2.06. The summed E-state index contributed by atoms with van der Waals surface area (Å²) in [6.45, 7) is 4.05. The molecular formula is C23H29NO3. The van der Waals surface area contributed by atoms with E-state index in [1.54, 1.807) is 7.11 Å². The average Bonchev–Trinajstić information content (AvgIpc) is 2.74. The number of benzene rings is 2. The van der Waals surface area contributed by atoms with Crippen LogP contribution in [0.2, 0.25) is 0 Å². The Morgan fingerprint density at radius 2 is 1.78 bits per heavy atom. The molecule has 4 nitrogen and oxygen atoms in total. The van der Waals surface area contributed by atoms with Gasteiger partial charge in [-0.2, -0.15) is 0 Å². The molecule has 1 aliphatic heterocycles. The van der Waals surface area contributed by atoms with Crippen molar-refractivity contribution in [1.82, 2.24) is 5.32 Å². The van der Waals surface area contributed by atoms with Crippen LogP contribution in [-0.2, 0) is 14.9 Å². The minimum Gasteiger partial charge on any atom is -0.496 e. The minimum absolute atomic E-state index is 0.0875. The van der Waals surface area contributed by atoms with Gasteiger partial charge >= 0.3 is 0 Å². The van der Waals surface area contributed by atoms with Gasteiger partial charge in [0.05, 0.1) is 13.0 Å². The number of carbonyl (C=O) groups is 1. The summed E-state index contributed by atoms with van der Waals surface area (Å²) in [6, 6.07) is 18.1. The predicted octanol–water partition coefficient (Wildman–Crippen LogP) is 4.05. The molecule has 1 heterocycles. The molecule has 27 heavy (non-hydrogen) atoms. The SMILES string of the molecule is CCC(C(=O)NCC1(c2ccccc2OC)CCOCC1)c1ccccc1. The normalized spacial score (nSPS) is 17.1. The van der Waals surface area contributed by atoms with Gasteiger partial charge in [0, 0.05) is 30.7 Å². The zero-order chi connectivity index (χ0) is 19.1. The molecule has 1 unspecified atom stereocenters. The van der Waals surface area contributed by atoms with Crippen molar-refractivity contribution < 1.29 is 14.3 Å². The Balaban J connectivity index is 1.80. The van der Waals surface area contributed by atoms with Crippen molar-refractivity contribution in [1.29, 1.82) is 0 Å². The lowest BCUT2D eigenvalue weighted by Crippen LogP contribution is -2.45. The number of methoxy groups -OCH3 is 1. The third-order valence-corrected chi connectivity index (χ3v) is 5.66. The van der Waals surface area contributed by atoms with E-state index in [1.807, 2.05) is 48.5 Å². The third kappa shape index (κ3) is 4.33. The molecule has 0 saturated carbocycles. The van der Waals surface area contributed by atoms with Crippen LogP contribution >= 0.6 is 0 Å². The van der Waals surface area contributed by atoms with Gasteiger partial charge < -0.3 is 14.8 Å². The Hall–Kier alpha value is -2.33. The van der Waals surface area contributed by atoms with Crippen molar-refractivity contribution in [3.05, 3.63) is 65.7 Å². The average molecular weight is 367 g/mol. The van der Waals surface area contributed by atoms with Gasteiger partial charge in [0.2, 0.25) is 5.91 Å². The Kier molecular flexibility index (Phi) is 6.51. The lowest BCUT2D eigenvalue weighted by molar-refractivity contribution is -0.123. The molecule has 0 bridgehead atoms. The second kappa shape index (κ2) is 9.05. The number of nitrogens with one attached hydrogen (secondary N) is 1. The van der Waals surface area contributed by atoms with E-state index >= 15 is 0 Å². The van der Waals surface area contributed by atoms with E-state index in [4.69, 9.17) is 9.47 Å². The van der Waals surface area contributed by atoms with Gasteiger partial charge in [0.1, 0.15) is 5.75 Å². The minimum atomic E-state index is -0.157. The molecule has 1 fully saturated rings. The fraction of sp³-hybridized carbons (Fsp3) is 0.435. The summed E-state index contributed by atoms with van der Waals surface area (Å²) in [5.74, 6) is 0.842. The monoisotopic (exact) mass is 367 g/mol. The first-order chi connectivity index (χ1) is 13.2. The molecule has 1 atom stereocenters. The molecule has 1 amide bonds. The molecule has 144 valence electrons. The number of carbonyl (C=O) groups excluding carboxylic acids is 1. The van der Waals surface area contributed by atoms with E-state index in [-0.39, 0.29) is 17.2 Å². The Morgan fingerprint density at radius 3 is 2.44 bits per heavy atom. The zero-order valence-electron chi connectivity index (χ0n) is 16.2. The summed E-state index contributed by atoms with van der Waals surface area (Å²) < 4.78 is 11.2. The molecule has 1 saturated heterocycles. The van der Waals surface area contributed by atoms with Crippen LogP contribution in [0.4, 0.5) is 0 Å². The fourth-order valence-electron chi connectivity index (χ4n) is 4.02. The van der Waals surface area contributed by atoms with E-state index in [9.17, 15) is 4.79 Å². The van der Waals surface area contributed by atoms with Gasteiger partial charge in [-0.1, -0.05) is 55.5 Å². The van der Waals surface area contributed by atoms with Crippen LogP contribution in [0.15, 0.2) is 54.6 Å². The summed E-state index contributed by atoms with van der Waals surface area (Å²) >= 11 is 0. The van der Waals surface area contributed by atoms with Crippen molar-refractivity contribution in [2.24, 2.45) is 0 Å². The topological polar surface area (TPSA) is 47.6 Å². The van der Waals surface area contributed by atoms with Gasteiger partial charge in [-0.15, -0.1) is 0 Å². The number of amides is 1. The quantitative estimate of drug-likeness (QED) is 0.803. The molecule has 1 aliphatic rings. The van der Waals surface area contributed by atoms with Crippen LogP contribution in [-0.4, -0.2) is 32.8 Å². The number of ether oxygens (including phenoxy) is 2. The largest absolute Gasteiger partial charge is 0.496 e. The Morgan fingerprint density at radius 1 is 1.11 bits per heavy atom. The first-order valence-electron chi connectivity index (χ1n) is 9.74. The molecule has 0 spiro atoms. The van der Waals surface area contributed by atoms with Crippen molar-refractivity contribution in [2.45, 2.75) is 37.5 Å². The Bertz CT molecular complexity index is 738. The molecular weight excluding hydrogens is 338 g/mol. The summed E-state index contributed by atoms with van der Waals surface area (Å²) in [7, 11) is 1.70. The van der Waals surface area contributed by atoms with E-state index < -0.39 is 0 Å². The highest BCUT2D eigenvalue weighted by Crippen LogP contribution is 2.39. The van der Waals surface area contributed by atoms with Crippen molar-refractivity contribution in [2.75, 3.05) is 26.9 Å². The first kappa shape index (κ1) is 19.4. The molecule has 0 radical (unpaired) electrons. The number of hydrogen-bond acceptors (Lipinski definition) is 3. The standard InChI is InChI=1S/C23H29NO3/c1-3-19(18-9-5-4-6-10-18)22(25)24-17-23(13-15-27-16-14-23)20-11-7-8-12-21(20)26-2/h4-12,19H,3,13-17H2,1-2H3,(H,24,25). The molecule has 0 aromatic heterocycles. The molecule has 1 N–H and O–H groups in total. The lowest BCUT2D eigenvalue weighted by atomic mass is 9.73. The maximum Gasteiger partial charge on any atom is 0.227 e.